The van der Waals surface area contributed by atoms with Crippen LogP contribution in [0.2, 0.25) is 5.02 Å². The van der Waals surface area contributed by atoms with Gasteiger partial charge in [-0.1, -0.05) is 29.8 Å². The average Bonchev–Trinajstić information content (AvgIpc) is 2.74. The maximum absolute atomic E-state index is 12.5. The minimum atomic E-state index is -0.872. The molecule has 1 unspecified atom stereocenters. The SMILES string of the molecule is CC(OC(=O)C1CCN(C(=O)Nc2ccccc2)CC1)C(=O)c1ccc(Cl)cc1. The fourth-order valence-electron chi connectivity index (χ4n) is 3.22. The van der Waals surface area contributed by atoms with Gasteiger partial charge in [-0.15, -0.1) is 0 Å². The molecule has 2 aromatic rings. The summed E-state index contributed by atoms with van der Waals surface area (Å²) in [5, 5.41) is 3.38. The molecule has 0 aliphatic carbocycles. The lowest BCUT2D eigenvalue weighted by molar-refractivity contribution is -0.152. The maximum Gasteiger partial charge on any atom is 0.321 e. The number of urea groups is 1. The molecular weight excluding hydrogens is 392 g/mol. The monoisotopic (exact) mass is 414 g/mol. The van der Waals surface area contributed by atoms with E-state index < -0.39 is 12.1 Å². The highest BCUT2D eigenvalue weighted by molar-refractivity contribution is 6.30. The first-order valence-corrected chi connectivity index (χ1v) is 9.93. The van der Waals surface area contributed by atoms with E-state index in [1.807, 2.05) is 30.3 Å². The zero-order valence-electron chi connectivity index (χ0n) is 16.1. The van der Waals surface area contributed by atoms with Crippen molar-refractivity contribution in [3.8, 4) is 0 Å². The molecule has 29 heavy (non-hydrogen) atoms. The van der Waals surface area contributed by atoms with Gasteiger partial charge in [0.15, 0.2) is 6.10 Å². The van der Waals surface area contributed by atoms with Gasteiger partial charge in [-0.25, -0.2) is 4.79 Å². The van der Waals surface area contributed by atoms with Gasteiger partial charge in [0, 0.05) is 29.4 Å². The van der Waals surface area contributed by atoms with Crippen LogP contribution in [0.5, 0.6) is 0 Å². The van der Waals surface area contributed by atoms with Crippen LogP contribution in [-0.4, -0.2) is 41.9 Å². The summed E-state index contributed by atoms with van der Waals surface area (Å²) in [5.41, 5.74) is 1.18. The van der Waals surface area contributed by atoms with Crippen molar-refractivity contribution in [1.82, 2.24) is 4.90 Å². The molecule has 2 amide bonds. The molecule has 1 aliphatic heterocycles. The van der Waals surface area contributed by atoms with E-state index in [1.165, 1.54) is 0 Å². The number of carbonyl (C=O) groups excluding carboxylic acids is 3. The minimum Gasteiger partial charge on any atom is -0.454 e. The van der Waals surface area contributed by atoms with Gasteiger partial charge in [0.2, 0.25) is 5.78 Å². The van der Waals surface area contributed by atoms with Gasteiger partial charge in [0.05, 0.1) is 5.92 Å². The number of para-hydroxylation sites is 1. The Bertz CT molecular complexity index is 862. The fraction of sp³-hybridized carbons (Fsp3) is 0.318. The van der Waals surface area contributed by atoms with Gasteiger partial charge in [0.1, 0.15) is 0 Å². The molecule has 0 aromatic heterocycles. The van der Waals surface area contributed by atoms with Crippen LogP contribution in [0.25, 0.3) is 0 Å². The molecule has 1 atom stereocenters. The first-order valence-electron chi connectivity index (χ1n) is 9.55. The van der Waals surface area contributed by atoms with Crippen LogP contribution < -0.4 is 5.32 Å². The van der Waals surface area contributed by atoms with Crippen molar-refractivity contribution in [1.29, 1.82) is 0 Å². The summed E-state index contributed by atoms with van der Waals surface area (Å²) >= 11 is 5.83. The number of ether oxygens (including phenoxy) is 1. The Hall–Kier alpha value is -2.86. The van der Waals surface area contributed by atoms with E-state index in [0.29, 0.717) is 36.5 Å². The molecule has 6 nitrogen and oxygen atoms in total. The number of nitrogens with one attached hydrogen (secondary N) is 1. The lowest BCUT2D eigenvalue weighted by Crippen LogP contribution is -2.43. The number of carbonyl (C=O) groups is 3. The second-order valence-corrected chi connectivity index (χ2v) is 7.44. The zero-order valence-corrected chi connectivity index (χ0v) is 16.9. The highest BCUT2D eigenvalue weighted by atomic mass is 35.5. The van der Waals surface area contributed by atoms with Crippen LogP contribution in [0, 0.1) is 5.92 Å². The second kappa shape index (κ2) is 9.56. The number of halogens is 1. The molecule has 1 heterocycles. The van der Waals surface area contributed by atoms with E-state index in [9.17, 15) is 14.4 Å². The Balaban J connectivity index is 1.47. The number of likely N-dealkylation sites (tertiary alicyclic amines) is 1. The number of hydrogen-bond donors (Lipinski definition) is 1. The maximum atomic E-state index is 12.5. The number of ketones is 1. The number of hydrogen-bond acceptors (Lipinski definition) is 4. The number of amides is 2. The van der Waals surface area contributed by atoms with Crippen LogP contribution in [0.15, 0.2) is 54.6 Å². The molecule has 0 radical (unpaired) electrons. The quantitative estimate of drug-likeness (QED) is 0.581. The van der Waals surface area contributed by atoms with Crippen LogP contribution in [0.3, 0.4) is 0 Å². The number of benzene rings is 2. The van der Waals surface area contributed by atoms with Crippen LogP contribution in [0.1, 0.15) is 30.1 Å². The Morgan fingerprint density at radius 1 is 1.03 bits per heavy atom. The Labute approximate surface area is 174 Å². The molecule has 1 saturated heterocycles. The lowest BCUT2D eigenvalue weighted by Gasteiger charge is -2.31. The predicted octanol–water partition coefficient (Wildman–Crippen LogP) is 4.40. The predicted molar refractivity (Wildman–Crippen MR) is 111 cm³/mol. The molecule has 1 N–H and O–H groups in total. The molecule has 1 fully saturated rings. The van der Waals surface area contributed by atoms with Crippen molar-refractivity contribution in [3.63, 3.8) is 0 Å². The fourth-order valence-corrected chi connectivity index (χ4v) is 3.34. The summed E-state index contributed by atoms with van der Waals surface area (Å²) in [5.74, 6) is -0.992. The molecule has 0 spiro atoms. The summed E-state index contributed by atoms with van der Waals surface area (Å²) in [6.45, 7) is 2.48. The highest BCUT2D eigenvalue weighted by Gasteiger charge is 2.30. The van der Waals surface area contributed by atoms with Gasteiger partial charge in [-0.2, -0.15) is 0 Å². The van der Waals surface area contributed by atoms with Gasteiger partial charge in [-0.3, -0.25) is 9.59 Å². The van der Waals surface area contributed by atoms with E-state index in [2.05, 4.69) is 5.32 Å². The second-order valence-electron chi connectivity index (χ2n) is 7.01. The normalized spacial score (nSPS) is 15.4. The molecular formula is C22H23ClN2O4. The van der Waals surface area contributed by atoms with Crippen LogP contribution in [-0.2, 0) is 9.53 Å². The molecule has 7 heteroatoms. The molecule has 152 valence electrons. The summed E-state index contributed by atoms with van der Waals surface area (Å²) in [6, 6.07) is 15.5. The van der Waals surface area contributed by atoms with Gasteiger partial charge in [0.25, 0.3) is 0 Å². The average molecular weight is 415 g/mol. The Morgan fingerprint density at radius 2 is 1.66 bits per heavy atom. The third-order valence-corrected chi connectivity index (χ3v) is 5.18. The number of nitrogens with zero attached hydrogens (tertiary/aromatic N) is 1. The van der Waals surface area contributed by atoms with E-state index in [-0.39, 0.29) is 17.7 Å². The number of esters is 1. The lowest BCUT2D eigenvalue weighted by atomic mass is 9.97. The highest BCUT2D eigenvalue weighted by Crippen LogP contribution is 2.21. The van der Waals surface area contributed by atoms with Crippen molar-refractivity contribution in [2.75, 3.05) is 18.4 Å². The zero-order chi connectivity index (χ0) is 20.8. The third-order valence-electron chi connectivity index (χ3n) is 4.93. The number of anilines is 1. The smallest absolute Gasteiger partial charge is 0.321 e. The van der Waals surface area contributed by atoms with Crippen molar-refractivity contribution in [2.24, 2.45) is 5.92 Å². The van der Waals surface area contributed by atoms with E-state index >= 15 is 0 Å². The summed E-state index contributed by atoms with van der Waals surface area (Å²) in [4.78, 5) is 38.9. The molecule has 2 aromatic carbocycles. The van der Waals surface area contributed by atoms with Crippen LogP contribution >= 0.6 is 11.6 Å². The summed E-state index contributed by atoms with van der Waals surface area (Å²) < 4.78 is 5.39. The molecule has 1 aliphatic rings. The number of piperidine rings is 1. The number of Topliss-reactive ketones (excluding diaryl/α,β-unsaturated/α-hetero) is 1. The third kappa shape index (κ3) is 5.57. The van der Waals surface area contributed by atoms with Gasteiger partial charge < -0.3 is 15.0 Å². The van der Waals surface area contributed by atoms with Crippen molar-refractivity contribution in [2.45, 2.75) is 25.9 Å². The minimum absolute atomic E-state index is 0.186. The van der Waals surface area contributed by atoms with Crippen molar-refractivity contribution >= 4 is 35.1 Å². The molecule has 3 rings (SSSR count). The van der Waals surface area contributed by atoms with E-state index in [1.54, 1.807) is 36.1 Å². The van der Waals surface area contributed by atoms with Gasteiger partial charge >= 0.3 is 12.0 Å². The Morgan fingerprint density at radius 3 is 2.28 bits per heavy atom. The van der Waals surface area contributed by atoms with E-state index in [4.69, 9.17) is 16.3 Å². The summed E-state index contributed by atoms with van der Waals surface area (Å²) in [7, 11) is 0. The molecule has 0 saturated carbocycles. The largest absolute Gasteiger partial charge is 0.454 e. The first kappa shape index (κ1) is 20.9. The van der Waals surface area contributed by atoms with Crippen molar-refractivity contribution < 1.29 is 19.1 Å². The Kier molecular flexibility index (Phi) is 6.88. The van der Waals surface area contributed by atoms with Crippen molar-refractivity contribution in [3.05, 3.63) is 65.2 Å². The van der Waals surface area contributed by atoms with Crippen LogP contribution in [0.4, 0.5) is 10.5 Å². The van der Waals surface area contributed by atoms with Gasteiger partial charge in [-0.05, 0) is 56.2 Å². The molecule has 0 bridgehead atoms. The first-order chi connectivity index (χ1) is 13.9. The summed E-state index contributed by atoms with van der Waals surface area (Å²) in [6.07, 6.45) is 0.134. The standard InChI is InChI=1S/C22H23ClN2O4/c1-15(20(26)16-7-9-18(23)10-8-16)29-21(27)17-11-13-25(14-12-17)22(28)24-19-5-3-2-4-6-19/h2-10,15,17H,11-14H2,1H3,(H,24,28). The number of rotatable bonds is 5. The van der Waals surface area contributed by atoms with E-state index in [0.717, 1.165) is 5.69 Å². The topological polar surface area (TPSA) is 75.7 Å².